The lowest BCUT2D eigenvalue weighted by Crippen LogP contribution is -2.24. The zero-order chi connectivity index (χ0) is 23.8. The second-order valence-electron chi connectivity index (χ2n) is 7.27. The lowest BCUT2D eigenvalue weighted by Gasteiger charge is -2.03. The van der Waals surface area contributed by atoms with E-state index < -0.39 is 11.9 Å². The van der Waals surface area contributed by atoms with Crippen LogP contribution in [-0.4, -0.2) is 11.9 Å². The van der Waals surface area contributed by atoms with Crippen molar-refractivity contribution in [1.82, 2.24) is 0 Å². The van der Waals surface area contributed by atoms with Crippen LogP contribution in [0.1, 0.15) is 11.1 Å². The number of carboxylic acid groups (broad SMARTS) is 2. The van der Waals surface area contributed by atoms with Crippen LogP contribution >= 0.6 is 56.7 Å². The normalized spacial score (nSPS) is 11.2. The van der Waals surface area contributed by atoms with Crippen molar-refractivity contribution in [3.05, 3.63) is 70.2 Å². The molecule has 5 aromatic heterocycles. The summed E-state index contributed by atoms with van der Waals surface area (Å²) in [6.45, 7) is 0. The van der Waals surface area contributed by atoms with Crippen LogP contribution in [0, 0.1) is 5.13 Å². The van der Waals surface area contributed by atoms with Gasteiger partial charge in [0, 0.05) is 63.8 Å². The average molecular weight is 545 g/mol. The molecule has 172 valence electrons. The lowest BCUT2D eigenvalue weighted by atomic mass is 10.1. The summed E-state index contributed by atoms with van der Waals surface area (Å²) < 4.78 is 13.6. The van der Waals surface area contributed by atoms with Crippen LogP contribution in [0.4, 0.5) is 4.39 Å². The van der Waals surface area contributed by atoms with E-state index in [9.17, 15) is 24.2 Å². The minimum absolute atomic E-state index is 0.187. The maximum atomic E-state index is 13.6. The van der Waals surface area contributed by atoms with Gasteiger partial charge in [-0.3, -0.25) is 0 Å². The smallest absolute Gasteiger partial charge is 0.177 e. The quantitative estimate of drug-likeness (QED) is 0.263. The van der Waals surface area contributed by atoms with E-state index in [1.165, 1.54) is 40.1 Å². The van der Waals surface area contributed by atoms with Crippen LogP contribution in [0.5, 0.6) is 0 Å². The molecule has 0 amide bonds. The summed E-state index contributed by atoms with van der Waals surface area (Å²) in [5.74, 6) is -2.33. The van der Waals surface area contributed by atoms with Crippen molar-refractivity contribution in [3.8, 4) is 39.0 Å². The van der Waals surface area contributed by atoms with Crippen LogP contribution in [-0.2, 0) is 22.4 Å². The first-order valence-electron chi connectivity index (χ1n) is 9.92. The molecule has 10 heteroatoms. The number of carbonyl (C=O) groups excluding carboxylic acids is 2. The summed E-state index contributed by atoms with van der Waals surface area (Å²) in [6, 6.07) is 14.5. The fourth-order valence-electron chi connectivity index (χ4n) is 3.54. The summed E-state index contributed by atoms with van der Waals surface area (Å²) in [6.07, 6.45) is -0.433. The molecule has 5 aromatic rings. The SMILES string of the molecule is O=C([O-])Cc1cc(-c2cccs2)sc1-c1ccc(-c2sc(-c3ccc(F)s3)cc2CC(=O)[O-])s1. The molecule has 5 rings (SSSR count). The summed E-state index contributed by atoms with van der Waals surface area (Å²) in [7, 11) is 0. The molecule has 34 heavy (non-hydrogen) atoms. The zero-order valence-electron chi connectivity index (χ0n) is 17.2. The van der Waals surface area contributed by atoms with Crippen molar-refractivity contribution in [2.24, 2.45) is 0 Å². The molecule has 0 fully saturated rings. The highest BCUT2D eigenvalue weighted by atomic mass is 32.1. The lowest BCUT2D eigenvalue weighted by molar-refractivity contribution is -0.306. The monoisotopic (exact) mass is 544 g/mol. The Morgan fingerprint density at radius 2 is 1.24 bits per heavy atom. The van der Waals surface area contributed by atoms with Crippen molar-refractivity contribution < 1.29 is 24.2 Å². The first kappa shape index (κ1) is 23.1. The minimum atomic E-state index is -1.19. The zero-order valence-corrected chi connectivity index (χ0v) is 21.2. The minimum Gasteiger partial charge on any atom is -0.550 e. The van der Waals surface area contributed by atoms with Gasteiger partial charge in [0.25, 0.3) is 0 Å². The third-order valence-corrected chi connectivity index (χ3v) is 10.9. The van der Waals surface area contributed by atoms with E-state index in [-0.39, 0.29) is 18.0 Å². The second kappa shape index (κ2) is 9.55. The van der Waals surface area contributed by atoms with Gasteiger partial charge in [0.05, 0.1) is 0 Å². The molecule has 0 aliphatic carbocycles. The van der Waals surface area contributed by atoms with Crippen molar-refractivity contribution in [2.75, 3.05) is 0 Å². The van der Waals surface area contributed by atoms with Gasteiger partial charge in [0.2, 0.25) is 0 Å². The van der Waals surface area contributed by atoms with E-state index >= 15 is 0 Å². The van der Waals surface area contributed by atoms with Gasteiger partial charge in [-0.15, -0.1) is 56.7 Å². The molecule has 4 nitrogen and oxygen atoms in total. The van der Waals surface area contributed by atoms with E-state index in [1.54, 1.807) is 23.5 Å². The van der Waals surface area contributed by atoms with Gasteiger partial charge in [0.15, 0.2) is 5.13 Å². The first-order valence-corrected chi connectivity index (χ1v) is 14.1. The molecule has 0 aliphatic heterocycles. The number of halogens is 1. The molecular formula is C24H13FO4S5-2. The fraction of sp³-hybridized carbons (Fsp3) is 0.0833. The van der Waals surface area contributed by atoms with Crippen molar-refractivity contribution in [2.45, 2.75) is 12.8 Å². The molecule has 0 saturated heterocycles. The Morgan fingerprint density at radius 3 is 1.71 bits per heavy atom. The van der Waals surface area contributed by atoms with Crippen LogP contribution in [0.3, 0.4) is 0 Å². The third kappa shape index (κ3) is 4.77. The molecule has 0 N–H and O–H groups in total. The second-order valence-corrected chi connectivity index (χ2v) is 12.4. The molecule has 0 aromatic carbocycles. The van der Waals surface area contributed by atoms with Gasteiger partial charge in [-0.1, -0.05) is 6.07 Å². The van der Waals surface area contributed by atoms with Crippen molar-refractivity contribution in [3.63, 3.8) is 0 Å². The fourth-order valence-corrected chi connectivity index (χ4v) is 8.83. The van der Waals surface area contributed by atoms with Gasteiger partial charge < -0.3 is 19.8 Å². The van der Waals surface area contributed by atoms with E-state index in [1.807, 2.05) is 35.7 Å². The number of carbonyl (C=O) groups is 2. The highest BCUT2D eigenvalue weighted by Crippen LogP contribution is 2.47. The highest BCUT2D eigenvalue weighted by molar-refractivity contribution is 7.29. The summed E-state index contributed by atoms with van der Waals surface area (Å²) >= 11 is 7.02. The molecule has 0 radical (unpaired) electrons. The molecule has 0 saturated carbocycles. The van der Waals surface area contributed by atoms with Crippen molar-refractivity contribution >= 4 is 68.6 Å². The largest absolute Gasteiger partial charge is 0.550 e. The predicted octanol–water partition coefficient (Wildman–Crippen LogP) is 5.39. The first-order chi connectivity index (χ1) is 16.4. The Kier molecular flexibility index (Phi) is 6.50. The summed E-state index contributed by atoms with van der Waals surface area (Å²) in [5.41, 5.74) is 1.31. The van der Waals surface area contributed by atoms with Gasteiger partial charge in [-0.2, -0.15) is 4.39 Å². The molecule has 0 bridgehead atoms. The van der Waals surface area contributed by atoms with Crippen LogP contribution in [0.2, 0.25) is 0 Å². The third-order valence-electron chi connectivity index (χ3n) is 4.92. The van der Waals surface area contributed by atoms with Gasteiger partial charge >= 0.3 is 0 Å². The number of aliphatic carboxylic acids is 2. The maximum Gasteiger partial charge on any atom is 0.177 e. The van der Waals surface area contributed by atoms with E-state index in [4.69, 9.17) is 0 Å². The maximum absolute atomic E-state index is 13.6. The molecular weight excluding hydrogens is 532 g/mol. The highest BCUT2D eigenvalue weighted by Gasteiger charge is 2.19. The van der Waals surface area contributed by atoms with Crippen LogP contribution in [0.25, 0.3) is 39.0 Å². The number of carboxylic acids is 2. The van der Waals surface area contributed by atoms with Gasteiger partial charge in [-0.25, -0.2) is 0 Å². The summed E-state index contributed by atoms with van der Waals surface area (Å²) in [4.78, 5) is 29.8. The number of hydrogen-bond acceptors (Lipinski definition) is 9. The average Bonchev–Trinajstić information content (AvgIpc) is 3.57. The van der Waals surface area contributed by atoms with E-state index in [0.29, 0.717) is 11.1 Å². The number of hydrogen-bond donors (Lipinski definition) is 0. The van der Waals surface area contributed by atoms with Gasteiger partial charge in [0.1, 0.15) is 0 Å². The van der Waals surface area contributed by atoms with Crippen LogP contribution < -0.4 is 10.2 Å². The number of rotatable bonds is 8. The number of thiophene rings is 5. The topological polar surface area (TPSA) is 80.3 Å². The molecule has 5 heterocycles. The Balaban J connectivity index is 1.56. The molecule has 0 unspecified atom stereocenters. The Morgan fingerprint density at radius 1 is 0.676 bits per heavy atom. The van der Waals surface area contributed by atoms with Gasteiger partial charge in [-0.05, 0) is 59.0 Å². The Labute approximate surface area is 213 Å². The van der Waals surface area contributed by atoms with E-state index in [0.717, 1.165) is 50.4 Å². The summed E-state index contributed by atoms with van der Waals surface area (Å²) in [5, 5.41) is 24.4. The Hall–Kier alpha value is -2.63. The predicted molar refractivity (Wildman–Crippen MR) is 135 cm³/mol. The standard InChI is InChI=1S/C24H15FO4S5/c25-20-6-5-15(32-20)19-9-13(11-22(28)29)24(34-19)17-4-3-16(31-17)23-12(10-21(26)27)8-18(33-23)14-2-1-7-30-14/h1-9H,10-11H2,(H,26,27)(H,28,29)/p-2. The molecule has 0 aliphatic rings. The molecule has 0 spiro atoms. The molecule has 0 atom stereocenters. The van der Waals surface area contributed by atoms with Crippen LogP contribution in [0.15, 0.2) is 53.9 Å². The Bertz CT molecular complexity index is 1490. The van der Waals surface area contributed by atoms with E-state index in [2.05, 4.69) is 0 Å². The van der Waals surface area contributed by atoms with Crippen molar-refractivity contribution in [1.29, 1.82) is 0 Å².